The van der Waals surface area contributed by atoms with Crippen LogP contribution in [0.3, 0.4) is 0 Å². The van der Waals surface area contributed by atoms with Gasteiger partial charge < -0.3 is 0 Å². The molecule has 0 N–H and O–H groups in total. The third-order valence-corrected chi connectivity index (χ3v) is 1.73. The molecular weight excluding hydrogens is 170 g/mol. The third-order valence-electron chi connectivity index (χ3n) is 1.41. The van der Waals surface area contributed by atoms with Gasteiger partial charge in [0.2, 0.25) is 0 Å². The summed E-state index contributed by atoms with van der Waals surface area (Å²) in [6.07, 6.45) is 7.22. The fourth-order valence-corrected chi connectivity index (χ4v) is 1.02. The average molecular weight is 184 g/mol. The molecule has 0 fully saturated rings. The molecule has 1 atom stereocenters. The lowest BCUT2D eigenvalue weighted by Gasteiger charge is -2.06. The molecule has 0 aliphatic heterocycles. The van der Waals surface area contributed by atoms with Crippen molar-refractivity contribution in [1.29, 1.82) is 5.26 Å². The number of nitrogens with zero attached hydrogens (tertiary/aromatic N) is 1. The number of rotatable bonds is 1. The van der Waals surface area contributed by atoms with Crippen molar-refractivity contribution >= 4 is 11.6 Å². The maximum absolute atomic E-state index is 8.33. The van der Waals surface area contributed by atoms with Crippen LogP contribution in [0.25, 0.3) is 0 Å². The van der Waals surface area contributed by atoms with Gasteiger partial charge in [-0.3, -0.25) is 0 Å². The lowest BCUT2D eigenvalue weighted by molar-refractivity contribution is 1.01. The van der Waals surface area contributed by atoms with E-state index in [2.05, 4.69) is 6.07 Å². The number of alkyl halides is 1. The predicted octanol–water partition coefficient (Wildman–Crippen LogP) is 3.42. The molecular formula is C10H14ClN. The SMILES string of the molecule is CC.N#CCC1=CCC(Cl)C=C1. The molecule has 0 heterocycles. The van der Waals surface area contributed by atoms with Crippen LogP contribution in [0.15, 0.2) is 23.8 Å². The van der Waals surface area contributed by atoms with Crippen molar-refractivity contribution in [3.8, 4) is 6.07 Å². The van der Waals surface area contributed by atoms with Gasteiger partial charge in [-0.15, -0.1) is 11.6 Å². The summed E-state index contributed by atoms with van der Waals surface area (Å²) in [5, 5.41) is 8.45. The van der Waals surface area contributed by atoms with Crippen LogP contribution in [0.5, 0.6) is 0 Å². The zero-order chi connectivity index (χ0) is 9.40. The summed E-state index contributed by atoms with van der Waals surface area (Å²) in [5.74, 6) is 0. The lowest BCUT2D eigenvalue weighted by Crippen LogP contribution is -1.96. The molecule has 1 aliphatic carbocycles. The monoisotopic (exact) mass is 183 g/mol. The Morgan fingerprint density at radius 3 is 2.75 bits per heavy atom. The van der Waals surface area contributed by atoms with Crippen LogP contribution in [0.1, 0.15) is 26.7 Å². The van der Waals surface area contributed by atoms with E-state index in [-0.39, 0.29) is 5.38 Å². The maximum atomic E-state index is 8.33. The first kappa shape index (κ1) is 11.3. The highest BCUT2D eigenvalue weighted by molar-refractivity contribution is 6.22. The fourth-order valence-electron chi connectivity index (χ4n) is 0.861. The minimum atomic E-state index is 0.127. The van der Waals surface area contributed by atoms with Crippen molar-refractivity contribution in [2.24, 2.45) is 0 Å². The first-order valence-electron chi connectivity index (χ1n) is 4.21. The summed E-state index contributed by atoms with van der Waals surface area (Å²) in [7, 11) is 0. The minimum absolute atomic E-state index is 0.127. The van der Waals surface area contributed by atoms with Gasteiger partial charge in [-0.2, -0.15) is 5.26 Å². The van der Waals surface area contributed by atoms with E-state index in [0.29, 0.717) is 6.42 Å². The highest BCUT2D eigenvalue weighted by atomic mass is 35.5. The van der Waals surface area contributed by atoms with Gasteiger partial charge in [-0.1, -0.05) is 32.1 Å². The molecule has 1 rings (SSSR count). The Morgan fingerprint density at radius 1 is 1.67 bits per heavy atom. The second-order valence-corrected chi connectivity index (χ2v) is 2.79. The molecule has 2 heteroatoms. The molecule has 1 unspecified atom stereocenters. The molecule has 0 bridgehead atoms. The number of hydrogen-bond acceptors (Lipinski definition) is 1. The summed E-state index contributed by atoms with van der Waals surface area (Å²) >= 11 is 5.77. The van der Waals surface area contributed by atoms with Crippen LogP contribution in [-0.2, 0) is 0 Å². The van der Waals surface area contributed by atoms with Gasteiger partial charge in [-0.05, 0) is 12.0 Å². The van der Waals surface area contributed by atoms with Gasteiger partial charge in [-0.25, -0.2) is 0 Å². The average Bonchev–Trinajstić information content (AvgIpc) is 2.13. The Balaban J connectivity index is 0.000000561. The zero-order valence-electron chi connectivity index (χ0n) is 7.55. The van der Waals surface area contributed by atoms with Crippen molar-refractivity contribution in [2.75, 3.05) is 0 Å². The van der Waals surface area contributed by atoms with Crippen molar-refractivity contribution in [3.63, 3.8) is 0 Å². The third kappa shape index (κ3) is 4.20. The second-order valence-electron chi connectivity index (χ2n) is 2.22. The van der Waals surface area contributed by atoms with E-state index in [4.69, 9.17) is 16.9 Å². The van der Waals surface area contributed by atoms with E-state index >= 15 is 0 Å². The largest absolute Gasteiger partial charge is 0.198 e. The Hall–Kier alpha value is -0.740. The van der Waals surface area contributed by atoms with Crippen molar-refractivity contribution in [2.45, 2.75) is 32.1 Å². The highest BCUT2D eigenvalue weighted by Crippen LogP contribution is 2.16. The van der Waals surface area contributed by atoms with Crippen LogP contribution >= 0.6 is 11.6 Å². The molecule has 0 aromatic carbocycles. The van der Waals surface area contributed by atoms with Crippen molar-refractivity contribution in [3.05, 3.63) is 23.8 Å². The molecule has 12 heavy (non-hydrogen) atoms. The molecule has 1 nitrogen and oxygen atoms in total. The normalized spacial score (nSPS) is 20.2. The van der Waals surface area contributed by atoms with E-state index in [0.717, 1.165) is 12.0 Å². The van der Waals surface area contributed by atoms with Gasteiger partial charge in [0.05, 0.1) is 17.9 Å². The van der Waals surface area contributed by atoms with E-state index in [9.17, 15) is 0 Å². The summed E-state index contributed by atoms with van der Waals surface area (Å²) in [5.41, 5.74) is 1.08. The Bertz CT molecular complexity index is 210. The van der Waals surface area contributed by atoms with Gasteiger partial charge in [0.25, 0.3) is 0 Å². The summed E-state index contributed by atoms with van der Waals surface area (Å²) in [6.45, 7) is 4.00. The first-order valence-corrected chi connectivity index (χ1v) is 4.65. The van der Waals surface area contributed by atoms with E-state index in [1.165, 1.54) is 0 Å². The van der Waals surface area contributed by atoms with E-state index in [1.807, 2.05) is 32.1 Å². The predicted molar refractivity (Wildman–Crippen MR) is 53.1 cm³/mol. The van der Waals surface area contributed by atoms with Crippen molar-refractivity contribution in [1.82, 2.24) is 0 Å². The van der Waals surface area contributed by atoms with E-state index in [1.54, 1.807) is 0 Å². The molecule has 1 aliphatic rings. The summed E-state index contributed by atoms with van der Waals surface area (Å²) < 4.78 is 0. The van der Waals surface area contributed by atoms with E-state index < -0.39 is 0 Å². The van der Waals surface area contributed by atoms with Crippen LogP contribution in [-0.4, -0.2) is 5.38 Å². The molecule has 0 saturated carbocycles. The van der Waals surface area contributed by atoms with Crippen LogP contribution < -0.4 is 0 Å². The first-order chi connectivity index (χ1) is 5.83. The Morgan fingerprint density at radius 2 is 2.33 bits per heavy atom. The molecule has 0 aromatic heterocycles. The zero-order valence-corrected chi connectivity index (χ0v) is 8.30. The quantitative estimate of drug-likeness (QED) is 0.572. The molecule has 0 saturated heterocycles. The maximum Gasteiger partial charge on any atom is 0.0669 e. The molecule has 0 aromatic rings. The number of hydrogen-bond donors (Lipinski definition) is 0. The summed E-state index contributed by atoms with van der Waals surface area (Å²) in [4.78, 5) is 0. The van der Waals surface area contributed by atoms with Gasteiger partial charge in [0.15, 0.2) is 0 Å². The van der Waals surface area contributed by atoms with Crippen LogP contribution in [0, 0.1) is 11.3 Å². The number of allylic oxidation sites excluding steroid dienone is 4. The molecule has 0 spiro atoms. The highest BCUT2D eigenvalue weighted by Gasteiger charge is 2.03. The fraction of sp³-hybridized carbons (Fsp3) is 0.500. The van der Waals surface area contributed by atoms with Crippen molar-refractivity contribution < 1.29 is 0 Å². The minimum Gasteiger partial charge on any atom is -0.198 e. The van der Waals surface area contributed by atoms with Crippen LogP contribution in [0.4, 0.5) is 0 Å². The van der Waals surface area contributed by atoms with Gasteiger partial charge >= 0.3 is 0 Å². The van der Waals surface area contributed by atoms with Gasteiger partial charge in [0, 0.05) is 0 Å². The lowest BCUT2D eigenvalue weighted by atomic mass is 10.1. The smallest absolute Gasteiger partial charge is 0.0669 e. The number of halogens is 1. The number of nitriles is 1. The molecule has 66 valence electrons. The Labute approximate surface area is 79.3 Å². The second kappa shape index (κ2) is 6.94. The standard InChI is InChI=1S/C8H8ClN.C2H6/c9-8-3-1-7(2-4-8)5-6-10;1-2/h1-3,8H,4-5H2;1-2H3. The molecule has 0 amide bonds. The topological polar surface area (TPSA) is 23.8 Å². The molecule has 0 radical (unpaired) electrons. The van der Waals surface area contributed by atoms with Crippen LogP contribution in [0.2, 0.25) is 0 Å². The summed E-state index contributed by atoms with van der Waals surface area (Å²) in [6, 6.07) is 2.09. The Kier molecular flexibility index (Phi) is 6.51. The van der Waals surface area contributed by atoms with Gasteiger partial charge in [0.1, 0.15) is 0 Å².